The van der Waals surface area contributed by atoms with E-state index in [9.17, 15) is 4.79 Å². The van der Waals surface area contributed by atoms with Gasteiger partial charge in [-0.2, -0.15) is 0 Å². The fourth-order valence-corrected chi connectivity index (χ4v) is 3.14. The van der Waals surface area contributed by atoms with Crippen molar-refractivity contribution in [3.05, 3.63) is 72.3 Å². The van der Waals surface area contributed by atoms with Crippen LogP contribution in [0.15, 0.2) is 66.7 Å². The van der Waals surface area contributed by atoms with Gasteiger partial charge in [-0.3, -0.25) is 4.79 Å². The molecule has 0 aliphatic heterocycles. The summed E-state index contributed by atoms with van der Waals surface area (Å²) in [6.45, 7) is 3.13. The minimum Gasteiger partial charge on any atom is -0.493 e. The third-order valence-electron chi connectivity index (χ3n) is 4.61. The summed E-state index contributed by atoms with van der Waals surface area (Å²) in [5, 5.41) is 8.57. The van der Waals surface area contributed by atoms with E-state index in [0.29, 0.717) is 24.7 Å². The van der Waals surface area contributed by atoms with Crippen LogP contribution in [0.4, 0.5) is 0 Å². The fourth-order valence-electron chi connectivity index (χ4n) is 3.14. The molecule has 3 aromatic rings. The Balaban J connectivity index is 1.44. The zero-order valence-corrected chi connectivity index (χ0v) is 16.3. The molecule has 0 aliphatic carbocycles. The number of nitrogens with one attached hydrogen (secondary N) is 2. The van der Waals surface area contributed by atoms with Crippen LogP contribution in [0.3, 0.4) is 0 Å². The smallest absolute Gasteiger partial charge is 0.234 e. The normalized spacial score (nSPS) is 11.8. The van der Waals surface area contributed by atoms with Gasteiger partial charge in [0.15, 0.2) is 11.5 Å². The molecule has 0 spiro atoms. The number of fused-ring (bicyclic) bond motifs is 1. The Kier molecular flexibility index (Phi) is 6.87. The van der Waals surface area contributed by atoms with Crippen molar-refractivity contribution in [1.82, 2.24) is 10.6 Å². The average Bonchev–Trinajstić information content (AvgIpc) is 2.75. The van der Waals surface area contributed by atoms with Gasteiger partial charge >= 0.3 is 0 Å². The summed E-state index contributed by atoms with van der Waals surface area (Å²) in [4.78, 5) is 12.1. The van der Waals surface area contributed by atoms with Crippen molar-refractivity contribution in [1.29, 1.82) is 0 Å². The lowest BCUT2D eigenvalue weighted by Gasteiger charge is -2.16. The maximum absolute atomic E-state index is 12.1. The topological polar surface area (TPSA) is 59.6 Å². The molecule has 0 saturated heterocycles. The van der Waals surface area contributed by atoms with Gasteiger partial charge in [0.05, 0.1) is 20.2 Å². The first-order valence-corrected chi connectivity index (χ1v) is 9.42. The van der Waals surface area contributed by atoms with Gasteiger partial charge in [-0.25, -0.2) is 0 Å². The molecule has 0 unspecified atom stereocenters. The highest BCUT2D eigenvalue weighted by atomic mass is 16.5. The highest BCUT2D eigenvalue weighted by Gasteiger charge is 2.10. The molecule has 1 atom stereocenters. The average molecular weight is 378 g/mol. The van der Waals surface area contributed by atoms with Gasteiger partial charge in [0.2, 0.25) is 5.91 Å². The van der Waals surface area contributed by atoms with Gasteiger partial charge in [-0.05, 0) is 35.4 Å². The maximum atomic E-state index is 12.1. The van der Waals surface area contributed by atoms with Crippen molar-refractivity contribution in [3.63, 3.8) is 0 Å². The van der Waals surface area contributed by atoms with E-state index >= 15 is 0 Å². The Hall–Kier alpha value is -3.05. The van der Waals surface area contributed by atoms with Gasteiger partial charge in [-0.15, -0.1) is 0 Å². The number of methoxy groups -OCH3 is 1. The van der Waals surface area contributed by atoms with E-state index < -0.39 is 0 Å². The molecule has 0 saturated carbocycles. The number of hydrogen-bond donors (Lipinski definition) is 2. The van der Waals surface area contributed by atoms with E-state index in [2.05, 4.69) is 41.8 Å². The first-order chi connectivity index (χ1) is 13.7. The Morgan fingerprint density at radius 3 is 2.50 bits per heavy atom. The molecule has 0 radical (unpaired) electrons. The summed E-state index contributed by atoms with van der Waals surface area (Å²) in [5.74, 6) is 1.29. The highest BCUT2D eigenvalue weighted by Crippen LogP contribution is 2.25. The second-order valence-electron chi connectivity index (χ2n) is 6.52. The molecule has 0 heterocycles. The number of hydrogen-bond acceptors (Lipinski definition) is 4. The van der Waals surface area contributed by atoms with Crippen LogP contribution >= 0.6 is 0 Å². The third-order valence-corrected chi connectivity index (χ3v) is 4.61. The molecule has 146 valence electrons. The predicted molar refractivity (Wildman–Crippen MR) is 112 cm³/mol. The molecule has 3 aromatic carbocycles. The maximum Gasteiger partial charge on any atom is 0.234 e. The lowest BCUT2D eigenvalue weighted by Crippen LogP contribution is -2.37. The van der Waals surface area contributed by atoms with E-state index in [4.69, 9.17) is 9.47 Å². The second-order valence-corrected chi connectivity index (χ2v) is 6.52. The molecule has 28 heavy (non-hydrogen) atoms. The largest absolute Gasteiger partial charge is 0.493 e. The van der Waals surface area contributed by atoms with E-state index in [-0.39, 0.29) is 18.5 Å². The quantitative estimate of drug-likeness (QED) is 0.558. The minimum atomic E-state index is -0.0595. The summed E-state index contributed by atoms with van der Waals surface area (Å²) in [7, 11) is 1.60. The Bertz CT molecular complexity index is 921. The number of carbonyl (C=O) groups is 1. The van der Waals surface area contributed by atoms with Crippen LogP contribution in [0.2, 0.25) is 0 Å². The van der Waals surface area contributed by atoms with Gasteiger partial charge < -0.3 is 20.1 Å². The van der Waals surface area contributed by atoms with Gasteiger partial charge in [0.1, 0.15) is 6.61 Å². The lowest BCUT2D eigenvalue weighted by molar-refractivity contribution is -0.120. The SMILES string of the molecule is COc1ccccc1OCCNC(=O)CN[C@@H](C)c1cccc2ccccc12. The summed E-state index contributed by atoms with van der Waals surface area (Å²) in [5.41, 5.74) is 1.19. The third kappa shape index (κ3) is 5.02. The monoisotopic (exact) mass is 378 g/mol. The zero-order chi connectivity index (χ0) is 19.8. The highest BCUT2D eigenvalue weighted by molar-refractivity contribution is 5.86. The Morgan fingerprint density at radius 2 is 1.68 bits per heavy atom. The summed E-state index contributed by atoms with van der Waals surface area (Å²) >= 11 is 0. The van der Waals surface area contributed by atoms with Crippen molar-refractivity contribution >= 4 is 16.7 Å². The molecular formula is C23H26N2O3. The fraction of sp³-hybridized carbons (Fsp3) is 0.261. The van der Waals surface area contributed by atoms with Crippen LogP contribution in [0.1, 0.15) is 18.5 Å². The molecule has 5 heteroatoms. The number of rotatable bonds is 9. The van der Waals surface area contributed by atoms with Crippen molar-refractivity contribution in [2.24, 2.45) is 0 Å². The molecule has 0 aromatic heterocycles. The number of carbonyl (C=O) groups excluding carboxylic acids is 1. The molecule has 0 aliphatic rings. The van der Waals surface area contributed by atoms with Crippen LogP contribution < -0.4 is 20.1 Å². The summed E-state index contributed by atoms with van der Waals surface area (Å²) in [6.07, 6.45) is 0. The lowest BCUT2D eigenvalue weighted by atomic mass is 10.00. The van der Waals surface area contributed by atoms with Crippen molar-refractivity contribution in [2.45, 2.75) is 13.0 Å². The van der Waals surface area contributed by atoms with E-state index in [1.54, 1.807) is 7.11 Å². The number of amides is 1. The first-order valence-electron chi connectivity index (χ1n) is 9.42. The molecule has 2 N–H and O–H groups in total. The minimum absolute atomic E-state index is 0.0595. The van der Waals surface area contributed by atoms with E-state index in [0.717, 1.165) is 0 Å². The molecule has 0 fully saturated rings. The van der Waals surface area contributed by atoms with Crippen molar-refractivity contribution in [2.75, 3.05) is 26.8 Å². The van der Waals surface area contributed by atoms with Crippen LogP contribution in [-0.2, 0) is 4.79 Å². The molecule has 1 amide bonds. The van der Waals surface area contributed by atoms with Crippen molar-refractivity contribution < 1.29 is 14.3 Å². The molecule has 3 rings (SSSR count). The predicted octanol–water partition coefficient (Wildman–Crippen LogP) is 3.69. The zero-order valence-electron chi connectivity index (χ0n) is 16.3. The number of benzene rings is 3. The van der Waals surface area contributed by atoms with Crippen LogP contribution in [0.25, 0.3) is 10.8 Å². The Labute approximate surface area is 165 Å². The molecular weight excluding hydrogens is 352 g/mol. The van der Waals surface area contributed by atoms with Crippen molar-refractivity contribution in [3.8, 4) is 11.5 Å². The van der Waals surface area contributed by atoms with Crippen LogP contribution in [0.5, 0.6) is 11.5 Å². The summed E-state index contributed by atoms with van der Waals surface area (Å²) in [6, 6.07) is 22.0. The second kappa shape index (κ2) is 9.76. The molecule has 5 nitrogen and oxygen atoms in total. The van der Waals surface area contributed by atoms with Crippen LogP contribution in [-0.4, -0.2) is 32.7 Å². The van der Waals surface area contributed by atoms with Gasteiger partial charge in [-0.1, -0.05) is 54.6 Å². The summed E-state index contributed by atoms with van der Waals surface area (Å²) < 4.78 is 10.9. The van der Waals surface area contributed by atoms with E-state index in [1.807, 2.05) is 42.5 Å². The van der Waals surface area contributed by atoms with Crippen LogP contribution in [0, 0.1) is 0 Å². The number of ether oxygens (including phenoxy) is 2. The first kappa shape index (κ1) is 19.7. The number of para-hydroxylation sites is 2. The molecule has 0 bridgehead atoms. The standard InChI is InChI=1S/C23H26N2O3/c1-17(19-11-7-9-18-8-3-4-10-20(18)19)25-16-23(26)24-14-15-28-22-13-6-5-12-21(22)27-2/h3-13,17,25H,14-16H2,1-2H3,(H,24,26)/t17-/m0/s1. The van der Waals surface area contributed by atoms with Gasteiger partial charge in [0.25, 0.3) is 0 Å². The Morgan fingerprint density at radius 1 is 0.964 bits per heavy atom. The van der Waals surface area contributed by atoms with Gasteiger partial charge in [0, 0.05) is 6.04 Å². The van der Waals surface area contributed by atoms with E-state index in [1.165, 1.54) is 16.3 Å².